The lowest BCUT2D eigenvalue weighted by atomic mass is 10.1. The van der Waals surface area contributed by atoms with Crippen LogP contribution in [0.25, 0.3) is 0 Å². The summed E-state index contributed by atoms with van der Waals surface area (Å²) < 4.78 is 10.9. The van der Waals surface area contributed by atoms with Crippen molar-refractivity contribution < 1.29 is 19.7 Å². The Labute approximate surface area is 105 Å². The lowest BCUT2D eigenvalue weighted by Gasteiger charge is -2.27. The van der Waals surface area contributed by atoms with E-state index in [1.807, 2.05) is 0 Å². The molecule has 6 nitrogen and oxygen atoms in total. The van der Waals surface area contributed by atoms with E-state index in [4.69, 9.17) is 19.7 Å². The number of aliphatic hydroxyl groups is 2. The van der Waals surface area contributed by atoms with Gasteiger partial charge in [-0.1, -0.05) is 0 Å². The van der Waals surface area contributed by atoms with Crippen molar-refractivity contribution in [3.05, 3.63) is 22.8 Å². The number of nitrogens with zero attached hydrogens (tertiary/aromatic N) is 2. The van der Waals surface area contributed by atoms with Crippen molar-refractivity contribution in [2.45, 2.75) is 38.3 Å². The Morgan fingerprint density at radius 1 is 0.833 bits per heavy atom. The molecule has 0 saturated heterocycles. The Bertz CT molecular complexity index is 415. The fourth-order valence-corrected chi connectivity index (χ4v) is 2.32. The van der Waals surface area contributed by atoms with Crippen LogP contribution in [0.2, 0.25) is 0 Å². The molecule has 2 aliphatic rings. The summed E-state index contributed by atoms with van der Waals surface area (Å²) in [7, 11) is 0. The number of rotatable bonds is 2. The summed E-state index contributed by atoms with van der Waals surface area (Å²) in [6, 6.07) is 0. The maximum Gasteiger partial charge on any atom is 0.0911 e. The highest BCUT2D eigenvalue weighted by molar-refractivity contribution is 5.23. The van der Waals surface area contributed by atoms with Crippen LogP contribution in [0.15, 0.2) is 0 Å². The first-order chi connectivity index (χ1) is 8.80. The van der Waals surface area contributed by atoms with Gasteiger partial charge < -0.3 is 19.7 Å². The average Bonchev–Trinajstić information content (AvgIpc) is 2.43. The van der Waals surface area contributed by atoms with Crippen molar-refractivity contribution in [1.82, 2.24) is 9.97 Å². The van der Waals surface area contributed by atoms with E-state index in [0.717, 1.165) is 22.8 Å². The van der Waals surface area contributed by atoms with Crippen molar-refractivity contribution in [3.8, 4) is 0 Å². The predicted octanol–water partition coefficient (Wildman–Crippen LogP) is -0.656. The maximum absolute atomic E-state index is 9.11. The van der Waals surface area contributed by atoms with Crippen LogP contribution < -0.4 is 0 Å². The molecule has 0 radical (unpaired) electrons. The molecule has 0 spiro atoms. The Hall–Kier alpha value is -1.08. The molecule has 0 bridgehead atoms. The largest absolute Gasteiger partial charge is 0.394 e. The Balaban J connectivity index is 1.89. The van der Waals surface area contributed by atoms with Crippen LogP contribution >= 0.6 is 0 Å². The summed E-state index contributed by atoms with van der Waals surface area (Å²) >= 11 is 0. The Morgan fingerprint density at radius 3 is 1.72 bits per heavy atom. The predicted molar refractivity (Wildman–Crippen MR) is 60.8 cm³/mol. The lowest BCUT2D eigenvalue weighted by molar-refractivity contribution is -0.0177. The molecule has 3 heterocycles. The van der Waals surface area contributed by atoms with E-state index in [1.54, 1.807) is 0 Å². The second-order valence-corrected chi connectivity index (χ2v) is 4.65. The number of fused-ring (bicyclic) bond motifs is 2. The highest BCUT2D eigenvalue weighted by atomic mass is 16.5. The number of aliphatic hydroxyl groups excluding tert-OH is 2. The summed E-state index contributed by atoms with van der Waals surface area (Å²) in [5.41, 5.74) is 3.48. The average molecular weight is 252 g/mol. The van der Waals surface area contributed by atoms with Gasteiger partial charge in [0.1, 0.15) is 0 Å². The molecule has 2 N–H and O–H groups in total. The quantitative estimate of drug-likeness (QED) is 0.727. The third-order valence-electron chi connectivity index (χ3n) is 3.37. The second kappa shape index (κ2) is 4.89. The molecule has 0 aromatic carbocycles. The van der Waals surface area contributed by atoms with Crippen LogP contribution in [0.3, 0.4) is 0 Å². The molecule has 0 unspecified atom stereocenters. The SMILES string of the molecule is OC[C@@H]1Cc2nc3c(nc2CO1)CO[C@H](CO)C3. The number of hydrogen-bond acceptors (Lipinski definition) is 6. The minimum Gasteiger partial charge on any atom is -0.394 e. The van der Waals surface area contributed by atoms with Gasteiger partial charge in [-0.2, -0.15) is 0 Å². The van der Waals surface area contributed by atoms with Crippen LogP contribution in [0, 0.1) is 0 Å². The third-order valence-corrected chi connectivity index (χ3v) is 3.37. The molecule has 1 aromatic rings. The summed E-state index contributed by atoms with van der Waals surface area (Å²) in [6.45, 7) is 0.787. The molecule has 18 heavy (non-hydrogen) atoms. The summed E-state index contributed by atoms with van der Waals surface area (Å²) in [5, 5.41) is 18.2. The van der Waals surface area contributed by atoms with Crippen molar-refractivity contribution in [2.75, 3.05) is 13.2 Å². The van der Waals surface area contributed by atoms with Gasteiger partial charge in [0, 0.05) is 12.8 Å². The zero-order valence-electron chi connectivity index (χ0n) is 10.0. The van der Waals surface area contributed by atoms with Gasteiger partial charge in [0.2, 0.25) is 0 Å². The fourth-order valence-electron chi connectivity index (χ4n) is 2.32. The molecular weight excluding hydrogens is 236 g/mol. The van der Waals surface area contributed by atoms with Gasteiger partial charge in [0.15, 0.2) is 0 Å². The first kappa shape index (κ1) is 12.0. The molecule has 0 amide bonds. The first-order valence-corrected chi connectivity index (χ1v) is 6.12. The first-order valence-electron chi connectivity index (χ1n) is 6.12. The molecule has 3 rings (SSSR count). The van der Waals surface area contributed by atoms with Gasteiger partial charge in [-0.3, -0.25) is 4.98 Å². The molecule has 2 aliphatic heterocycles. The summed E-state index contributed by atoms with van der Waals surface area (Å²) in [4.78, 5) is 9.12. The Morgan fingerprint density at radius 2 is 1.28 bits per heavy atom. The molecule has 6 heteroatoms. The van der Waals surface area contributed by atoms with Gasteiger partial charge >= 0.3 is 0 Å². The van der Waals surface area contributed by atoms with Crippen LogP contribution in [-0.4, -0.2) is 45.6 Å². The molecule has 0 saturated carbocycles. The van der Waals surface area contributed by atoms with Gasteiger partial charge in [-0.25, -0.2) is 4.98 Å². The Kier molecular flexibility index (Phi) is 3.25. The molecule has 1 aromatic heterocycles. The molecule has 98 valence electrons. The lowest BCUT2D eigenvalue weighted by Crippen LogP contribution is -2.32. The second-order valence-electron chi connectivity index (χ2n) is 4.65. The van der Waals surface area contributed by atoms with E-state index in [9.17, 15) is 0 Å². The number of hydrogen-bond donors (Lipinski definition) is 2. The zero-order chi connectivity index (χ0) is 12.5. The van der Waals surface area contributed by atoms with Crippen LogP contribution in [-0.2, 0) is 35.5 Å². The smallest absolute Gasteiger partial charge is 0.0911 e. The number of ether oxygens (including phenoxy) is 2. The van der Waals surface area contributed by atoms with Crippen LogP contribution in [0.1, 0.15) is 22.8 Å². The van der Waals surface area contributed by atoms with E-state index in [-0.39, 0.29) is 25.4 Å². The fraction of sp³-hybridized carbons (Fsp3) is 0.667. The van der Waals surface area contributed by atoms with E-state index in [0.29, 0.717) is 26.1 Å². The molecule has 0 fully saturated rings. The summed E-state index contributed by atoms with van der Waals surface area (Å²) in [6.07, 6.45) is 0.824. The van der Waals surface area contributed by atoms with Crippen molar-refractivity contribution in [3.63, 3.8) is 0 Å². The van der Waals surface area contributed by atoms with Crippen molar-refractivity contribution in [1.29, 1.82) is 0 Å². The van der Waals surface area contributed by atoms with E-state index in [1.165, 1.54) is 0 Å². The van der Waals surface area contributed by atoms with Gasteiger partial charge in [-0.05, 0) is 0 Å². The van der Waals surface area contributed by atoms with Crippen molar-refractivity contribution >= 4 is 0 Å². The highest BCUT2D eigenvalue weighted by Gasteiger charge is 2.26. The minimum absolute atomic E-state index is 0.000576. The minimum atomic E-state index is -0.182. The maximum atomic E-state index is 9.11. The van der Waals surface area contributed by atoms with Gasteiger partial charge in [-0.15, -0.1) is 0 Å². The topological polar surface area (TPSA) is 84.7 Å². The molecule has 0 aliphatic carbocycles. The number of aromatic nitrogens is 2. The van der Waals surface area contributed by atoms with E-state index in [2.05, 4.69) is 9.97 Å². The molecular formula is C12H16N2O4. The standard InChI is InChI=1S/C12H16N2O4/c15-3-7-1-9-11(5-17-7)14-12-6-18-8(4-16)2-10(12)13-9/h7-8,15-16H,1-6H2/t7-,8-/m0/s1. The monoisotopic (exact) mass is 252 g/mol. The van der Waals surface area contributed by atoms with E-state index >= 15 is 0 Å². The zero-order valence-corrected chi connectivity index (χ0v) is 10.0. The van der Waals surface area contributed by atoms with Crippen molar-refractivity contribution in [2.24, 2.45) is 0 Å². The van der Waals surface area contributed by atoms with Crippen LogP contribution in [0.4, 0.5) is 0 Å². The molecule has 2 atom stereocenters. The van der Waals surface area contributed by atoms with Gasteiger partial charge in [0.05, 0.1) is 61.4 Å². The highest BCUT2D eigenvalue weighted by Crippen LogP contribution is 2.23. The van der Waals surface area contributed by atoms with E-state index < -0.39 is 0 Å². The van der Waals surface area contributed by atoms with Crippen LogP contribution in [0.5, 0.6) is 0 Å². The third kappa shape index (κ3) is 2.12. The summed E-state index contributed by atoms with van der Waals surface area (Å²) in [5.74, 6) is 0. The normalized spacial score (nSPS) is 26.6. The van der Waals surface area contributed by atoms with Gasteiger partial charge in [0.25, 0.3) is 0 Å².